The first-order valence-corrected chi connectivity index (χ1v) is 30.8. The third-order valence-corrected chi connectivity index (χ3v) is 22.1. The summed E-state index contributed by atoms with van der Waals surface area (Å²) in [6, 6.07) is 57.6. The Labute approximate surface area is 459 Å². The van der Waals surface area contributed by atoms with Crippen LogP contribution in [0.5, 0.6) is 5.75 Å². The van der Waals surface area contributed by atoms with Crippen molar-refractivity contribution >= 4 is 29.5 Å². The van der Waals surface area contributed by atoms with Crippen molar-refractivity contribution in [3.63, 3.8) is 0 Å². The minimum absolute atomic E-state index is 0.209. The smallest absolute Gasteiger partial charge is 0.261 e. The molecular weight excluding hydrogens is 1000 g/mol. The van der Waals surface area contributed by atoms with Crippen LogP contribution in [0.4, 0.5) is 0 Å². The van der Waals surface area contributed by atoms with Crippen LogP contribution >= 0.6 is 0 Å². The van der Waals surface area contributed by atoms with Gasteiger partial charge in [-0.1, -0.05) is 172 Å². The average molecular weight is 1080 g/mol. The average Bonchev–Trinajstić information content (AvgIpc) is 3.47. The zero-order valence-corrected chi connectivity index (χ0v) is 47.0. The molecule has 77 heavy (non-hydrogen) atoms. The SMILES string of the molecule is COc1ccc([C@@H]2OC[C@H]3O[C@@H](CCO[Si](c4ccccc4)(c4ccccc4)C(C)(C)C)[C@H](O[C@H]4C[C@H]5O[C@@H](CCOCc6ccccc6)[C@H](OCc6ccccc6)C[C@@H]5O[C@@H]4C[S@@](=O)c4ccc(C)cc4)C[C@@H]3O2)cc1. The molecule has 0 bridgehead atoms. The van der Waals surface area contributed by atoms with Gasteiger partial charge in [-0.15, -0.1) is 0 Å². The van der Waals surface area contributed by atoms with Crippen molar-refractivity contribution in [3.8, 4) is 5.75 Å². The summed E-state index contributed by atoms with van der Waals surface area (Å²) in [7, 11) is -2.61. The van der Waals surface area contributed by atoms with Crippen LogP contribution in [-0.4, -0.2) is 106 Å². The minimum atomic E-state index is -2.88. The Hall–Kier alpha value is -4.87. The van der Waals surface area contributed by atoms with Crippen LogP contribution in [0.3, 0.4) is 0 Å². The van der Waals surface area contributed by atoms with E-state index in [1.807, 2.05) is 91.9 Å². The molecular formula is C64H76O11SSi. The fourth-order valence-electron chi connectivity index (χ4n) is 11.6. The highest BCUT2D eigenvalue weighted by atomic mass is 32.2. The Bertz CT molecular complexity index is 2710. The van der Waals surface area contributed by atoms with Crippen molar-refractivity contribution in [1.82, 2.24) is 0 Å². The van der Waals surface area contributed by atoms with E-state index in [0.717, 1.165) is 32.9 Å². The van der Waals surface area contributed by atoms with E-state index < -0.39 is 49.8 Å². The number of aryl methyl sites for hydroxylation is 1. The van der Waals surface area contributed by atoms with Gasteiger partial charge in [-0.05, 0) is 70.6 Å². The highest BCUT2D eigenvalue weighted by Gasteiger charge is 2.52. The van der Waals surface area contributed by atoms with Crippen molar-refractivity contribution in [2.75, 3.05) is 32.7 Å². The number of rotatable bonds is 21. The van der Waals surface area contributed by atoms with Crippen LogP contribution in [-0.2, 0) is 66.3 Å². The van der Waals surface area contributed by atoms with Crippen LogP contribution in [0.1, 0.15) is 81.4 Å². The van der Waals surface area contributed by atoms with Crippen LogP contribution in [0.2, 0.25) is 5.04 Å². The molecule has 0 unspecified atom stereocenters. The van der Waals surface area contributed by atoms with E-state index in [1.54, 1.807) is 7.11 Å². The third-order valence-electron chi connectivity index (χ3n) is 15.7. The minimum Gasteiger partial charge on any atom is -0.497 e. The molecule has 0 aliphatic carbocycles. The predicted octanol–water partition coefficient (Wildman–Crippen LogP) is 10.6. The fourth-order valence-corrected chi connectivity index (χ4v) is 17.4. The van der Waals surface area contributed by atoms with E-state index in [2.05, 4.69) is 106 Å². The molecule has 13 heteroatoms. The van der Waals surface area contributed by atoms with E-state index in [1.165, 1.54) is 10.4 Å². The Balaban J connectivity index is 0.932. The zero-order chi connectivity index (χ0) is 53.2. The summed E-state index contributed by atoms with van der Waals surface area (Å²) in [5.74, 6) is 1.00. The maximum atomic E-state index is 14.5. The standard InChI is InChI=1S/C64H76O11SSi/c1-45-26-32-50(33-27-45)76(65)44-62-60(40-58-57(74-62)38-55(68-42-47-20-12-7-13-21-47)53(71-58)34-36-67-41-46-18-10-6-11-19-46)73-56-39-59-61(43-69-63(75-59)48-28-30-49(66-5)31-29-48)72-54(56)35-37-70-77(64(2,3)4,51-22-14-8-15-23-51)52-24-16-9-17-25-52/h6-33,53-63H,34-44H2,1-5H3/t53-,54-,55+,56+,57-,58+,59-,60-,61+,62+,63+,76+/m0/s1. The van der Waals surface area contributed by atoms with Gasteiger partial charge in [-0.2, -0.15) is 0 Å². The molecule has 408 valence electrons. The Kier molecular flexibility index (Phi) is 18.7. The summed E-state index contributed by atoms with van der Waals surface area (Å²) in [6.07, 6.45) is -1.38. The summed E-state index contributed by atoms with van der Waals surface area (Å²) in [5.41, 5.74) is 4.21. The van der Waals surface area contributed by atoms with Crippen molar-refractivity contribution in [2.24, 2.45) is 0 Å². The first kappa shape index (κ1) is 55.4. The lowest BCUT2D eigenvalue weighted by atomic mass is 9.89. The molecule has 4 aliphatic heterocycles. The quantitative estimate of drug-likeness (QED) is 0.0508. The van der Waals surface area contributed by atoms with Crippen molar-refractivity contribution in [2.45, 2.75) is 150 Å². The molecule has 11 nitrogen and oxygen atoms in total. The monoisotopic (exact) mass is 1080 g/mol. The Morgan fingerprint density at radius 2 is 1.09 bits per heavy atom. The lowest BCUT2D eigenvalue weighted by Gasteiger charge is -2.50. The van der Waals surface area contributed by atoms with Crippen LogP contribution < -0.4 is 15.1 Å². The maximum absolute atomic E-state index is 14.5. The van der Waals surface area contributed by atoms with Crippen molar-refractivity contribution in [3.05, 3.63) is 192 Å². The Morgan fingerprint density at radius 3 is 1.70 bits per heavy atom. The van der Waals surface area contributed by atoms with Crippen LogP contribution in [0.25, 0.3) is 0 Å². The number of hydrogen-bond acceptors (Lipinski definition) is 11. The van der Waals surface area contributed by atoms with Gasteiger partial charge in [0.05, 0.1) is 98.4 Å². The molecule has 4 saturated heterocycles. The summed E-state index contributed by atoms with van der Waals surface area (Å²) < 4.78 is 82.6. The molecule has 0 radical (unpaired) electrons. The van der Waals surface area contributed by atoms with Gasteiger partial charge in [0, 0.05) is 42.9 Å². The second kappa shape index (κ2) is 25.9. The molecule has 0 aromatic heterocycles. The molecule has 0 saturated carbocycles. The Morgan fingerprint density at radius 1 is 0.571 bits per heavy atom. The first-order chi connectivity index (χ1) is 37.5. The van der Waals surface area contributed by atoms with Crippen molar-refractivity contribution < 1.29 is 51.3 Å². The summed E-state index contributed by atoms with van der Waals surface area (Å²) in [5, 5.41) is 2.23. The van der Waals surface area contributed by atoms with Gasteiger partial charge in [-0.25, -0.2) is 0 Å². The molecule has 4 fully saturated rings. The summed E-state index contributed by atoms with van der Waals surface area (Å²) in [4.78, 5) is 0.752. The third kappa shape index (κ3) is 13.6. The van der Waals surface area contributed by atoms with E-state index in [9.17, 15) is 4.21 Å². The highest BCUT2D eigenvalue weighted by molar-refractivity contribution is 7.85. The molecule has 6 aromatic carbocycles. The molecule has 0 amide bonds. The predicted molar refractivity (Wildman–Crippen MR) is 301 cm³/mol. The summed E-state index contributed by atoms with van der Waals surface area (Å²) >= 11 is 0. The van der Waals surface area contributed by atoms with E-state index in [-0.39, 0.29) is 47.4 Å². The van der Waals surface area contributed by atoms with E-state index in [0.29, 0.717) is 65.1 Å². The van der Waals surface area contributed by atoms with Gasteiger partial charge in [-0.3, -0.25) is 4.21 Å². The number of ether oxygens (including phenoxy) is 9. The molecule has 6 aromatic rings. The molecule has 10 rings (SSSR count). The topological polar surface area (TPSA) is 109 Å². The fraction of sp³-hybridized carbons (Fsp3) is 0.438. The number of hydrogen-bond donors (Lipinski definition) is 0. The normalized spacial score (nSPS) is 27.0. The lowest BCUT2D eigenvalue weighted by Crippen LogP contribution is -2.66. The zero-order valence-electron chi connectivity index (χ0n) is 45.2. The van der Waals surface area contributed by atoms with Gasteiger partial charge >= 0.3 is 0 Å². The number of methoxy groups -OCH3 is 1. The molecule has 0 N–H and O–H groups in total. The molecule has 0 spiro atoms. The largest absolute Gasteiger partial charge is 0.497 e. The summed E-state index contributed by atoms with van der Waals surface area (Å²) in [6.45, 7) is 11.2. The second-order valence-electron chi connectivity index (χ2n) is 22.0. The van der Waals surface area contributed by atoms with Gasteiger partial charge < -0.3 is 47.1 Å². The second-order valence-corrected chi connectivity index (χ2v) is 27.8. The molecule has 4 aliphatic rings. The van der Waals surface area contributed by atoms with Gasteiger partial charge in [0.25, 0.3) is 8.32 Å². The van der Waals surface area contributed by atoms with Crippen molar-refractivity contribution in [1.29, 1.82) is 0 Å². The molecule has 12 atom stereocenters. The van der Waals surface area contributed by atoms with Crippen LogP contribution in [0, 0.1) is 6.92 Å². The van der Waals surface area contributed by atoms with Crippen LogP contribution in [0.15, 0.2) is 175 Å². The first-order valence-electron chi connectivity index (χ1n) is 27.5. The van der Waals surface area contributed by atoms with E-state index in [4.69, 9.17) is 47.1 Å². The lowest BCUT2D eigenvalue weighted by molar-refractivity contribution is -0.317. The molecule has 4 heterocycles. The number of fused-ring (bicyclic) bond motifs is 2. The number of benzene rings is 6. The van der Waals surface area contributed by atoms with Gasteiger partial charge in [0.1, 0.15) is 11.9 Å². The van der Waals surface area contributed by atoms with Gasteiger partial charge in [0.2, 0.25) is 0 Å². The van der Waals surface area contributed by atoms with Gasteiger partial charge in [0.15, 0.2) is 6.29 Å². The highest BCUT2D eigenvalue weighted by Crippen LogP contribution is 2.42. The van der Waals surface area contributed by atoms with E-state index >= 15 is 0 Å². The maximum Gasteiger partial charge on any atom is 0.261 e.